The Balaban J connectivity index is 1.74. The largest absolute Gasteiger partial charge is 0.371 e. The topological polar surface area (TPSA) is 109 Å². The normalized spacial score (nSPS) is 23.1. The molecular weight excluding hydrogens is 370 g/mol. The molecule has 0 spiro atoms. The minimum Gasteiger partial charge on any atom is -0.371 e. The summed E-state index contributed by atoms with van der Waals surface area (Å²) in [6.45, 7) is 8.62. The van der Waals surface area contributed by atoms with Crippen molar-refractivity contribution < 1.29 is 4.74 Å². The highest BCUT2D eigenvalue weighted by Crippen LogP contribution is 2.39. The average molecular weight is 402 g/mol. The molecule has 2 fully saturated rings. The SMILES string of the molecule is CCO[C@@H](N)C[C@H]1CN(c2ccc3c(=O)n(N)c(=O)n(C4CC4)c3c2C)C[C@H]1C. The fourth-order valence-electron chi connectivity index (χ4n) is 4.73. The molecule has 29 heavy (non-hydrogen) atoms. The maximum Gasteiger partial charge on any atom is 0.350 e. The number of rotatable bonds is 6. The predicted octanol–water partition coefficient (Wildman–Crippen LogP) is 1.30. The van der Waals surface area contributed by atoms with E-state index in [0.717, 1.165) is 53.8 Å². The summed E-state index contributed by atoms with van der Waals surface area (Å²) in [7, 11) is 0. The van der Waals surface area contributed by atoms with Crippen LogP contribution < -0.4 is 27.7 Å². The number of hydrogen-bond acceptors (Lipinski definition) is 6. The Morgan fingerprint density at radius 3 is 2.62 bits per heavy atom. The Bertz CT molecular complexity index is 1040. The van der Waals surface area contributed by atoms with Crippen molar-refractivity contribution in [1.82, 2.24) is 9.24 Å². The quantitative estimate of drug-likeness (QED) is 0.558. The number of aryl methyl sites for hydroxylation is 1. The predicted molar refractivity (Wildman–Crippen MR) is 115 cm³/mol. The molecule has 2 aliphatic rings. The molecule has 1 aliphatic heterocycles. The maximum atomic E-state index is 12.7. The molecule has 8 heteroatoms. The molecule has 1 saturated heterocycles. The molecule has 1 saturated carbocycles. The third kappa shape index (κ3) is 3.44. The molecule has 2 aromatic rings. The molecule has 1 aromatic carbocycles. The third-order valence-corrected chi connectivity index (χ3v) is 6.44. The number of ether oxygens (including phenoxy) is 1. The van der Waals surface area contributed by atoms with Gasteiger partial charge in [0.2, 0.25) is 0 Å². The van der Waals surface area contributed by atoms with Crippen LogP contribution in [0.1, 0.15) is 44.7 Å². The summed E-state index contributed by atoms with van der Waals surface area (Å²) < 4.78 is 7.99. The van der Waals surface area contributed by atoms with E-state index in [1.165, 1.54) is 0 Å². The lowest BCUT2D eigenvalue weighted by atomic mass is 9.94. The second-order valence-corrected chi connectivity index (χ2v) is 8.54. The molecule has 0 radical (unpaired) electrons. The highest BCUT2D eigenvalue weighted by Gasteiger charge is 2.33. The zero-order valence-electron chi connectivity index (χ0n) is 17.4. The number of anilines is 1. The van der Waals surface area contributed by atoms with Gasteiger partial charge in [-0.1, -0.05) is 6.92 Å². The molecule has 0 bridgehead atoms. The summed E-state index contributed by atoms with van der Waals surface area (Å²) in [5.41, 5.74) is 7.99. The first kappa shape index (κ1) is 20.0. The summed E-state index contributed by atoms with van der Waals surface area (Å²) in [5.74, 6) is 6.69. The van der Waals surface area contributed by atoms with Gasteiger partial charge in [-0.15, -0.1) is 0 Å². The molecule has 0 amide bonds. The van der Waals surface area contributed by atoms with Crippen molar-refractivity contribution in [3.8, 4) is 0 Å². The Morgan fingerprint density at radius 1 is 1.24 bits per heavy atom. The van der Waals surface area contributed by atoms with Crippen LogP contribution in [0.5, 0.6) is 0 Å². The van der Waals surface area contributed by atoms with Gasteiger partial charge in [0, 0.05) is 31.4 Å². The van der Waals surface area contributed by atoms with Crippen molar-refractivity contribution >= 4 is 16.6 Å². The average Bonchev–Trinajstić information content (AvgIpc) is 3.45. The van der Waals surface area contributed by atoms with Crippen molar-refractivity contribution in [1.29, 1.82) is 0 Å². The van der Waals surface area contributed by atoms with Crippen molar-refractivity contribution in [2.45, 2.75) is 52.3 Å². The van der Waals surface area contributed by atoms with Crippen LogP contribution in [0.25, 0.3) is 10.9 Å². The van der Waals surface area contributed by atoms with Crippen LogP contribution in [-0.2, 0) is 4.74 Å². The van der Waals surface area contributed by atoms with E-state index in [1.807, 2.05) is 26.0 Å². The van der Waals surface area contributed by atoms with Gasteiger partial charge in [0.15, 0.2) is 0 Å². The fraction of sp³-hybridized carbons (Fsp3) is 0.619. The van der Waals surface area contributed by atoms with Crippen LogP contribution >= 0.6 is 0 Å². The van der Waals surface area contributed by atoms with Crippen LogP contribution in [0.15, 0.2) is 21.7 Å². The Morgan fingerprint density at radius 2 is 1.97 bits per heavy atom. The highest BCUT2D eigenvalue weighted by molar-refractivity contribution is 5.87. The first-order chi connectivity index (χ1) is 13.8. The van der Waals surface area contributed by atoms with Crippen molar-refractivity contribution in [2.24, 2.45) is 17.6 Å². The molecule has 4 N–H and O–H groups in total. The lowest BCUT2D eigenvalue weighted by Crippen LogP contribution is -2.44. The molecule has 1 aliphatic carbocycles. The number of nitrogens with zero attached hydrogens (tertiary/aromatic N) is 3. The van der Waals surface area contributed by atoms with Gasteiger partial charge in [-0.2, -0.15) is 4.68 Å². The molecule has 158 valence electrons. The molecule has 1 aromatic heterocycles. The number of benzene rings is 1. The van der Waals surface area contributed by atoms with Crippen LogP contribution in [0.2, 0.25) is 0 Å². The van der Waals surface area contributed by atoms with Gasteiger partial charge in [0.25, 0.3) is 5.56 Å². The fourth-order valence-corrected chi connectivity index (χ4v) is 4.73. The van der Waals surface area contributed by atoms with E-state index in [2.05, 4.69) is 11.8 Å². The molecular formula is C21H31N5O3. The number of aromatic nitrogens is 2. The zero-order chi connectivity index (χ0) is 20.9. The first-order valence-electron chi connectivity index (χ1n) is 10.5. The first-order valence-corrected chi connectivity index (χ1v) is 10.5. The highest BCUT2D eigenvalue weighted by atomic mass is 16.5. The number of nitrogens with two attached hydrogens (primary N) is 2. The van der Waals surface area contributed by atoms with E-state index in [9.17, 15) is 9.59 Å². The van der Waals surface area contributed by atoms with Crippen LogP contribution in [0.4, 0.5) is 5.69 Å². The molecule has 4 rings (SSSR count). The van der Waals surface area contributed by atoms with Crippen LogP contribution in [-0.4, -0.2) is 35.2 Å². The van der Waals surface area contributed by atoms with Gasteiger partial charge in [-0.3, -0.25) is 9.36 Å². The van der Waals surface area contributed by atoms with Crippen molar-refractivity contribution in [3.63, 3.8) is 0 Å². The number of fused-ring (bicyclic) bond motifs is 1. The van der Waals surface area contributed by atoms with E-state index in [-0.39, 0.29) is 12.3 Å². The van der Waals surface area contributed by atoms with E-state index in [0.29, 0.717) is 23.8 Å². The van der Waals surface area contributed by atoms with E-state index in [4.69, 9.17) is 16.3 Å². The van der Waals surface area contributed by atoms with Crippen molar-refractivity contribution in [3.05, 3.63) is 38.5 Å². The molecule has 3 atom stereocenters. The van der Waals surface area contributed by atoms with E-state index >= 15 is 0 Å². The van der Waals surface area contributed by atoms with Gasteiger partial charge >= 0.3 is 5.69 Å². The van der Waals surface area contributed by atoms with Crippen LogP contribution in [0.3, 0.4) is 0 Å². The molecule has 0 unspecified atom stereocenters. The minimum atomic E-state index is -0.438. The molecule has 8 nitrogen and oxygen atoms in total. The summed E-state index contributed by atoms with van der Waals surface area (Å²) in [4.78, 5) is 27.7. The minimum absolute atomic E-state index is 0.129. The lowest BCUT2D eigenvalue weighted by molar-refractivity contribution is 0.0474. The Labute approximate surface area is 170 Å². The van der Waals surface area contributed by atoms with Gasteiger partial charge < -0.3 is 21.2 Å². The summed E-state index contributed by atoms with van der Waals surface area (Å²) in [6.07, 6.45) is 2.46. The zero-order valence-corrected chi connectivity index (χ0v) is 17.4. The van der Waals surface area contributed by atoms with Gasteiger partial charge in [-0.05, 0) is 62.6 Å². The Kier molecular flexibility index (Phi) is 5.16. The van der Waals surface area contributed by atoms with Gasteiger partial charge in [-0.25, -0.2) is 4.79 Å². The summed E-state index contributed by atoms with van der Waals surface area (Å²) in [5, 5.41) is 0.502. The van der Waals surface area contributed by atoms with E-state index < -0.39 is 11.2 Å². The van der Waals surface area contributed by atoms with Gasteiger partial charge in [0.05, 0.1) is 10.9 Å². The standard InChI is InChI=1S/C21H31N5O3/c1-4-29-18(22)9-14-11-24(10-12(14)2)17-8-7-16-19(13(17)3)25(15-5-6-15)21(28)26(23)20(16)27/h7-8,12,14-15,18H,4-6,9-11,22-23H2,1-3H3/t12-,14+,18-/m1/s1. The molecule has 2 heterocycles. The van der Waals surface area contributed by atoms with E-state index in [1.54, 1.807) is 4.57 Å². The van der Waals surface area contributed by atoms with Crippen LogP contribution in [0, 0.1) is 18.8 Å². The number of hydrogen-bond donors (Lipinski definition) is 2. The van der Waals surface area contributed by atoms with Crippen molar-refractivity contribution in [2.75, 3.05) is 30.4 Å². The Hall–Kier alpha value is -2.32. The number of nitrogen functional groups attached to an aromatic ring is 1. The second kappa shape index (κ2) is 7.50. The second-order valence-electron chi connectivity index (χ2n) is 8.54. The third-order valence-electron chi connectivity index (χ3n) is 6.44. The smallest absolute Gasteiger partial charge is 0.350 e. The lowest BCUT2D eigenvalue weighted by Gasteiger charge is -2.24. The van der Waals surface area contributed by atoms with Gasteiger partial charge in [0.1, 0.15) is 6.23 Å². The maximum absolute atomic E-state index is 12.7. The summed E-state index contributed by atoms with van der Waals surface area (Å²) >= 11 is 0. The summed E-state index contributed by atoms with van der Waals surface area (Å²) in [6, 6.07) is 3.92. The monoisotopic (exact) mass is 401 g/mol.